The first kappa shape index (κ1) is 14.2. The first-order valence-corrected chi connectivity index (χ1v) is 4.83. The number of hydrogen-bond acceptors (Lipinski definition) is 5. The highest BCUT2D eigenvalue weighted by Crippen LogP contribution is 1.81. The summed E-state index contributed by atoms with van der Waals surface area (Å²) >= 11 is 0. The van der Waals surface area contributed by atoms with E-state index >= 15 is 0 Å². The average Bonchev–Trinajstić information content (AvgIpc) is 2.26. The van der Waals surface area contributed by atoms with Crippen LogP contribution in [0.2, 0.25) is 0 Å². The molecule has 0 amide bonds. The second-order valence-corrected chi connectivity index (χ2v) is 2.53. The number of ether oxygens (including phenoxy) is 4. The maximum Gasteiger partial charge on any atom is 0.123 e. The van der Waals surface area contributed by atoms with Gasteiger partial charge in [-0.2, -0.15) is 0 Å². The summed E-state index contributed by atoms with van der Waals surface area (Å²) in [5, 5.41) is 8.40. The minimum Gasteiger partial charge on any atom is -0.444 e. The van der Waals surface area contributed by atoms with Crippen molar-refractivity contribution in [3.8, 4) is 12.5 Å². The SMILES string of the molecule is C#COCCOCCOCCOCCO. The van der Waals surface area contributed by atoms with Crippen LogP contribution >= 0.6 is 0 Å². The number of hydrogen-bond donors (Lipinski definition) is 1. The molecule has 0 bridgehead atoms. The van der Waals surface area contributed by atoms with Crippen molar-refractivity contribution in [2.24, 2.45) is 0 Å². The third-order valence-corrected chi connectivity index (χ3v) is 1.39. The highest BCUT2D eigenvalue weighted by atomic mass is 16.6. The number of aliphatic hydroxyl groups excluding tert-OH is 1. The van der Waals surface area contributed by atoms with Crippen LogP contribution < -0.4 is 0 Å². The molecule has 0 rings (SSSR count). The van der Waals surface area contributed by atoms with Crippen molar-refractivity contribution in [3.63, 3.8) is 0 Å². The Kier molecular flexibility index (Phi) is 12.5. The minimum atomic E-state index is 0.0400. The summed E-state index contributed by atoms with van der Waals surface area (Å²) in [6.45, 7) is 3.27. The van der Waals surface area contributed by atoms with Gasteiger partial charge in [0.2, 0.25) is 0 Å². The van der Waals surface area contributed by atoms with Gasteiger partial charge in [0.05, 0.1) is 46.2 Å². The van der Waals surface area contributed by atoms with Gasteiger partial charge in [-0.3, -0.25) is 0 Å². The Labute approximate surface area is 90.3 Å². The molecule has 0 saturated carbocycles. The van der Waals surface area contributed by atoms with E-state index < -0.39 is 0 Å². The van der Waals surface area contributed by atoms with E-state index in [-0.39, 0.29) is 6.61 Å². The molecular weight excluding hydrogens is 200 g/mol. The average molecular weight is 218 g/mol. The molecule has 0 spiro atoms. The summed E-state index contributed by atoms with van der Waals surface area (Å²) in [5.41, 5.74) is 0. The van der Waals surface area contributed by atoms with Gasteiger partial charge >= 0.3 is 0 Å². The number of terminal acetylenes is 1. The standard InChI is InChI=1S/C10H18O5/c1-2-12-5-6-14-9-10-15-8-7-13-4-3-11/h1,11H,3-10H2. The van der Waals surface area contributed by atoms with Gasteiger partial charge in [0, 0.05) is 0 Å². The Hall–Kier alpha value is -0.800. The van der Waals surface area contributed by atoms with Gasteiger partial charge in [-0.25, -0.2) is 0 Å². The molecule has 0 aliphatic carbocycles. The van der Waals surface area contributed by atoms with E-state index in [0.29, 0.717) is 46.2 Å². The summed E-state index contributed by atoms with van der Waals surface area (Å²) in [6.07, 6.45) is 6.92. The zero-order chi connectivity index (χ0) is 11.2. The zero-order valence-corrected chi connectivity index (χ0v) is 8.81. The van der Waals surface area contributed by atoms with E-state index in [1.54, 1.807) is 0 Å². The second kappa shape index (κ2) is 13.2. The van der Waals surface area contributed by atoms with E-state index in [1.165, 1.54) is 0 Å². The number of aliphatic hydroxyl groups is 1. The molecule has 15 heavy (non-hydrogen) atoms. The van der Waals surface area contributed by atoms with Crippen molar-refractivity contribution in [2.75, 3.05) is 52.9 Å². The topological polar surface area (TPSA) is 57.2 Å². The molecule has 0 unspecified atom stereocenters. The molecule has 0 aliphatic heterocycles. The molecule has 0 fully saturated rings. The molecule has 0 saturated heterocycles. The van der Waals surface area contributed by atoms with Crippen molar-refractivity contribution in [1.82, 2.24) is 0 Å². The molecule has 5 nitrogen and oxygen atoms in total. The van der Waals surface area contributed by atoms with E-state index in [1.807, 2.05) is 0 Å². The Bertz CT molecular complexity index is 154. The lowest BCUT2D eigenvalue weighted by atomic mass is 10.7. The fourth-order valence-corrected chi connectivity index (χ4v) is 0.766. The summed E-state index contributed by atoms with van der Waals surface area (Å²) in [4.78, 5) is 0. The van der Waals surface area contributed by atoms with Crippen LogP contribution in [0.15, 0.2) is 0 Å². The minimum absolute atomic E-state index is 0.0400. The van der Waals surface area contributed by atoms with Crippen LogP contribution in [0.4, 0.5) is 0 Å². The molecule has 0 aliphatic rings. The van der Waals surface area contributed by atoms with Gasteiger partial charge in [0.1, 0.15) is 12.7 Å². The highest BCUT2D eigenvalue weighted by Gasteiger charge is 1.91. The largest absolute Gasteiger partial charge is 0.444 e. The molecule has 0 heterocycles. The quantitative estimate of drug-likeness (QED) is 0.379. The fraction of sp³-hybridized carbons (Fsp3) is 0.800. The maximum absolute atomic E-state index is 8.40. The molecule has 0 radical (unpaired) electrons. The molecule has 0 aromatic heterocycles. The first-order chi connectivity index (χ1) is 7.41. The normalized spacial score (nSPS) is 9.87. The van der Waals surface area contributed by atoms with Gasteiger partial charge in [-0.1, -0.05) is 6.42 Å². The van der Waals surface area contributed by atoms with Crippen molar-refractivity contribution in [2.45, 2.75) is 0 Å². The Morgan fingerprint density at radius 2 is 1.27 bits per heavy atom. The molecule has 1 N–H and O–H groups in total. The fourth-order valence-electron chi connectivity index (χ4n) is 0.766. The van der Waals surface area contributed by atoms with E-state index in [0.717, 1.165) is 0 Å². The molecule has 88 valence electrons. The van der Waals surface area contributed by atoms with Gasteiger partial charge in [0.25, 0.3) is 0 Å². The smallest absolute Gasteiger partial charge is 0.123 e. The molecule has 0 aromatic carbocycles. The van der Waals surface area contributed by atoms with Crippen LogP contribution in [0.25, 0.3) is 0 Å². The van der Waals surface area contributed by atoms with Gasteiger partial charge in [-0.15, -0.1) is 0 Å². The van der Waals surface area contributed by atoms with Crippen molar-refractivity contribution in [1.29, 1.82) is 0 Å². The Balaban J connectivity index is 2.84. The Morgan fingerprint density at radius 3 is 1.73 bits per heavy atom. The second-order valence-electron chi connectivity index (χ2n) is 2.53. The first-order valence-electron chi connectivity index (χ1n) is 4.83. The van der Waals surface area contributed by atoms with Crippen LogP contribution in [0, 0.1) is 12.5 Å². The third-order valence-electron chi connectivity index (χ3n) is 1.39. The maximum atomic E-state index is 8.40. The van der Waals surface area contributed by atoms with Gasteiger partial charge in [0.15, 0.2) is 0 Å². The Morgan fingerprint density at radius 1 is 0.800 bits per heavy atom. The van der Waals surface area contributed by atoms with E-state index in [9.17, 15) is 0 Å². The van der Waals surface area contributed by atoms with Gasteiger partial charge in [-0.05, 0) is 0 Å². The summed E-state index contributed by atoms with van der Waals surface area (Å²) in [5.74, 6) is 0. The van der Waals surface area contributed by atoms with Crippen LogP contribution in [-0.4, -0.2) is 58.0 Å². The molecule has 5 heteroatoms. The van der Waals surface area contributed by atoms with Crippen LogP contribution in [0.5, 0.6) is 0 Å². The monoisotopic (exact) mass is 218 g/mol. The van der Waals surface area contributed by atoms with Crippen molar-refractivity contribution < 1.29 is 24.1 Å². The summed E-state index contributed by atoms with van der Waals surface area (Å²) in [7, 11) is 0. The van der Waals surface area contributed by atoms with Crippen LogP contribution in [0.1, 0.15) is 0 Å². The van der Waals surface area contributed by atoms with Crippen molar-refractivity contribution >= 4 is 0 Å². The van der Waals surface area contributed by atoms with Crippen LogP contribution in [-0.2, 0) is 18.9 Å². The lowest BCUT2D eigenvalue weighted by molar-refractivity contribution is 0.00226. The van der Waals surface area contributed by atoms with E-state index in [2.05, 4.69) is 10.8 Å². The summed E-state index contributed by atoms with van der Waals surface area (Å²) < 4.78 is 19.9. The highest BCUT2D eigenvalue weighted by molar-refractivity contribution is 4.67. The predicted octanol–water partition coefficient (Wildman–Crippen LogP) is -0.364. The number of rotatable bonds is 11. The molecule has 0 atom stereocenters. The third kappa shape index (κ3) is 13.2. The van der Waals surface area contributed by atoms with E-state index in [4.69, 9.17) is 25.7 Å². The summed E-state index contributed by atoms with van der Waals surface area (Å²) in [6, 6.07) is 0. The zero-order valence-electron chi connectivity index (χ0n) is 8.81. The molecule has 0 aromatic rings. The lowest BCUT2D eigenvalue weighted by Crippen LogP contribution is -2.12. The van der Waals surface area contributed by atoms with Gasteiger partial charge < -0.3 is 24.1 Å². The lowest BCUT2D eigenvalue weighted by Gasteiger charge is -2.05. The predicted molar refractivity (Wildman–Crippen MR) is 54.3 cm³/mol. The van der Waals surface area contributed by atoms with Crippen molar-refractivity contribution in [3.05, 3.63) is 0 Å². The van der Waals surface area contributed by atoms with Crippen LogP contribution in [0.3, 0.4) is 0 Å². The molecular formula is C10H18O5.